The summed E-state index contributed by atoms with van der Waals surface area (Å²) in [7, 11) is 1.67. The van der Waals surface area contributed by atoms with Crippen LogP contribution in [0.3, 0.4) is 0 Å². The first-order valence-electron chi connectivity index (χ1n) is 6.86. The van der Waals surface area contributed by atoms with Crippen molar-refractivity contribution in [1.82, 2.24) is 0 Å². The van der Waals surface area contributed by atoms with E-state index in [1.54, 1.807) is 7.11 Å². The molecule has 3 nitrogen and oxygen atoms in total. The highest BCUT2D eigenvalue weighted by Gasteiger charge is 2.14. The first-order valence-corrected chi connectivity index (χ1v) is 6.86. The first-order chi connectivity index (χ1) is 8.81. The highest BCUT2D eigenvalue weighted by atomic mass is 16.5. The molecule has 0 bridgehead atoms. The summed E-state index contributed by atoms with van der Waals surface area (Å²) in [4.78, 5) is 0. The van der Waals surface area contributed by atoms with Crippen molar-refractivity contribution >= 4 is 0 Å². The largest absolute Gasteiger partial charge is 0.497 e. The molecule has 100 valence electrons. The Labute approximate surface area is 109 Å². The van der Waals surface area contributed by atoms with E-state index in [9.17, 15) is 0 Å². The average Bonchev–Trinajstić information content (AvgIpc) is 2.67. The lowest BCUT2D eigenvalue weighted by molar-refractivity contribution is 0.183. The summed E-state index contributed by atoms with van der Waals surface area (Å²) < 4.78 is 11.4. The summed E-state index contributed by atoms with van der Waals surface area (Å²) in [6, 6.07) is 5.93. The van der Waals surface area contributed by atoms with Crippen LogP contribution in [0.1, 0.15) is 44.1 Å². The predicted molar refractivity (Wildman–Crippen MR) is 73.0 cm³/mol. The van der Waals surface area contributed by atoms with E-state index >= 15 is 0 Å². The highest BCUT2D eigenvalue weighted by molar-refractivity contribution is 5.38. The third-order valence-electron chi connectivity index (χ3n) is 3.52. The van der Waals surface area contributed by atoms with Gasteiger partial charge in [-0.05, 0) is 43.4 Å². The molecule has 2 rings (SSSR count). The zero-order valence-electron chi connectivity index (χ0n) is 11.2. The molecule has 0 radical (unpaired) electrons. The van der Waals surface area contributed by atoms with Gasteiger partial charge in [0.2, 0.25) is 0 Å². The van der Waals surface area contributed by atoms with Crippen LogP contribution in [0.25, 0.3) is 0 Å². The van der Waals surface area contributed by atoms with Crippen LogP contribution in [-0.4, -0.2) is 13.2 Å². The minimum absolute atomic E-state index is 0.352. The van der Waals surface area contributed by atoms with Crippen molar-refractivity contribution in [3.05, 3.63) is 23.8 Å². The number of benzene rings is 1. The van der Waals surface area contributed by atoms with E-state index in [4.69, 9.17) is 15.2 Å². The topological polar surface area (TPSA) is 44.5 Å². The fourth-order valence-electron chi connectivity index (χ4n) is 2.49. The van der Waals surface area contributed by atoms with Crippen molar-refractivity contribution in [2.24, 2.45) is 5.73 Å². The second-order valence-corrected chi connectivity index (χ2v) is 4.95. The van der Waals surface area contributed by atoms with Crippen LogP contribution >= 0.6 is 0 Å². The van der Waals surface area contributed by atoms with Crippen LogP contribution in [0.2, 0.25) is 0 Å². The van der Waals surface area contributed by atoms with Crippen LogP contribution < -0.4 is 15.2 Å². The molecular weight excluding hydrogens is 226 g/mol. The highest BCUT2D eigenvalue weighted by Crippen LogP contribution is 2.27. The second kappa shape index (κ2) is 6.64. The molecule has 0 saturated heterocycles. The Hall–Kier alpha value is -1.22. The normalized spacial score (nSPS) is 17.2. The SMILES string of the molecule is COc1cc(CN)cc(OC2CCCCCC2)c1. The Kier molecular flexibility index (Phi) is 4.88. The van der Waals surface area contributed by atoms with Crippen molar-refractivity contribution in [1.29, 1.82) is 0 Å². The zero-order chi connectivity index (χ0) is 12.8. The molecule has 0 aliphatic heterocycles. The zero-order valence-corrected chi connectivity index (χ0v) is 11.2. The molecule has 1 aliphatic rings. The molecule has 1 saturated carbocycles. The number of hydrogen-bond donors (Lipinski definition) is 1. The monoisotopic (exact) mass is 249 g/mol. The minimum atomic E-state index is 0.352. The Bertz CT molecular complexity index is 349. The number of hydrogen-bond acceptors (Lipinski definition) is 3. The number of methoxy groups -OCH3 is 1. The lowest BCUT2D eigenvalue weighted by atomic mass is 10.1. The molecule has 0 amide bonds. The van der Waals surface area contributed by atoms with Gasteiger partial charge in [0.05, 0.1) is 13.2 Å². The van der Waals surface area contributed by atoms with Gasteiger partial charge < -0.3 is 15.2 Å². The van der Waals surface area contributed by atoms with Crippen LogP contribution in [0, 0.1) is 0 Å². The molecule has 0 spiro atoms. The molecule has 18 heavy (non-hydrogen) atoms. The van der Waals surface area contributed by atoms with Gasteiger partial charge in [-0.2, -0.15) is 0 Å². The van der Waals surface area contributed by atoms with Crippen molar-refractivity contribution < 1.29 is 9.47 Å². The molecule has 1 fully saturated rings. The van der Waals surface area contributed by atoms with E-state index in [1.165, 1.54) is 25.7 Å². The Balaban J connectivity index is 2.06. The van der Waals surface area contributed by atoms with E-state index in [-0.39, 0.29) is 0 Å². The van der Waals surface area contributed by atoms with Gasteiger partial charge in [-0.15, -0.1) is 0 Å². The lowest BCUT2D eigenvalue weighted by Crippen LogP contribution is -2.15. The number of nitrogens with two attached hydrogens (primary N) is 1. The van der Waals surface area contributed by atoms with Gasteiger partial charge in [0.15, 0.2) is 0 Å². The molecule has 1 aromatic rings. The van der Waals surface area contributed by atoms with Crippen molar-refractivity contribution in [2.75, 3.05) is 7.11 Å². The van der Waals surface area contributed by atoms with Gasteiger partial charge in [0.25, 0.3) is 0 Å². The van der Waals surface area contributed by atoms with E-state index in [0.29, 0.717) is 12.6 Å². The van der Waals surface area contributed by atoms with E-state index in [0.717, 1.165) is 29.9 Å². The second-order valence-electron chi connectivity index (χ2n) is 4.95. The summed E-state index contributed by atoms with van der Waals surface area (Å²) in [5, 5.41) is 0. The Morgan fingerprint density at radius 3 is 2.33 bits per heavy atom. The maximum Gasteiger partial charge on any atom is 0.123 e. The smallest absolute Gasteiger partial charge is 0.123 e. The minimum Gasteiger partial charge on any atom is -0.497 e. The molecule has 0 unspecified atom stereocenters. The summed E-state index contributed by atoms with van der Waals surface area (Å²) in [5.41, 5.74) is 6.74. The fourth-order valence-corrected chi connectivity index (χ4v) is 2.49. The maximum absolute atomic E-state index is 6.08. The van der Waals surface area contributed by atoms with Gasteiger partial charge in [-0.3, -0.25) is 0 Å². The Morgan fingerprint density at radius 1 is 1.06 bits per heavy atom. The summed E-state index contributed by atoms with van der Waals surface area (Å²) in [6.07, 6.45) is 7.91. The lowest BCUT2D eigenvalue weighted by Gasteiger charge is -2.18. The third kappa shape index (κ3) is 3.64. The average molecular weight is 249 g/mol. The quantitative estimate of drug-likeness (QED) is 0.833. The van der Waals surface area contributed by atoms with Gasteiger partial charge in [0, 0.05) is 12.6 Å². The fraction of sp³-hybridized carbons (Fsp3) is 0.600. The molecule has 1 aliphatic carbocycles. The van der Waals surface area contributed by atoms with Gasteiger partial charge in [-0.1, -0.05) is 12.8 Å². The summed E-state index contributed by atoms with van der Waals surface area (Å²) >= 11 is 0. The number of rotatable bonds is 4. The van der Waals surface area contributed by atoms with Gasteiger partial charge in [-0.25, -0.2) is 0 Å². The Morgan fingerprint density at radius 2 is 1.72 bits per heavy atom. The van der Waals surface area contributed by atoms with Gasteiger partial charge >= 0.3 is 0 Å². The molecule has 1 aromatic carbocycles. The van der Waals surface area contributed by atoms with Crippen molar-refractivity contribution in [3.8, 4) is 11.5 Å². The molecule has 0 heterocycles. The number of ether oxygens (including phenoxy) is 2. The molecule has 2 N–H and O–H groups in total. The van der Waals surface area contributed by atoms with Crippen LogP contribution in [0.15, 0.2) is 18.2 Å². The summed E-state index contributed by atoms with van der Waals surface area (Å²) in [6.45, 7) is 0.512. The van der Waals surface area contributed by atoms with E-state index in [1.807, 2.05) is 18.2 Å². The standard InChI is InChI=1S/C15H23NO2/c1-17-14-8-12(11-16)9-15(10-14)18-13-6-4-2-3-5-7-13/h8-10,13H,2-7,11,16H2,1H3. The van der Waals surface area contributed by atoms with Crippen LogP contribution in [0.5, 0.6) is 11.5 Å². The van der Waals surface area contributed by atoms with Crippen molar-refractivity contribution in [2.45, 2.75) is 51.2 Å². The molecular formula is C15H23NO2. The van der Waals surface area contributed by atoms with E-state index < -0.39 is 0 Å². The first kappa shape index (κ1) is 13.2. The molecule has 0 aromatic heterocycles. The van der Waals surface area contributed by atoms with Crippen molar-refractivity contribution in [3.63, 3.8) is 0 Å². The summed E-state index contributed by atoms with van der Waals surface area (Å²) in [5.74, 6) is 1.71. The predicted octanol–water partition coefficient (Wildman–Crippen LogP) is 3.26. The van der Waals surface area contributed by atoms with Crippen LogP contribution in [0.4, 0.5) is 0 Å². The van der Waals surface area contributed by atoms with E-state index in [2.05, 4.69) is 0 Å². The van der Waals surface area contributed by atoms with Gasteiger partial charge in [0.1, 0.15) is 11.5 Å². The molecule has 0 atom stereocenters. The van der Waals surface area contributed by atoms with Crippen LogP contribution in [-0.2, 0) is 6.54 Å². The molecule has 3 heteroatoms. The third-order valence-corrected chi connectivity index (χ3v) is 3.52. The maximum atomic E-state index is 6.08.